The van der Waals surface area contributed by atoms with E-state index in [2.05, 4.69) is 16.4 Å². The number of thiocarbonyl (C=S) groups is 1. The van der Waals surface area contributed by atoms with Gasteiger partial charge in [-0.1, -0.05) is 6.07 Å². The molecule has 3 heterocycles. The van der Waals surface area contributed by atoms with E-state index in [9.17, 15) is 10.1 Å². The minimum Gasteiger partial charge on any atom is -0.497 e. The highest BCUT2D eigenvalue weighted by atomic mass is 32.1. The molecule has 1 fully saturated rings. The Balaban J connectivity index is 1.74. The Labute approximate surface area is 237 Å². The molecular formula is C29H29N5O5S. The fourth-order valence-corrected chi connectivity index (χ4v) is 5.68. The van der Waals surface area contributed by atoms with Gasteiger partial charge >= 0.3 is 0 Å². The molecule has 206 valence electrons. The van der Waals surface area contributed by atoms with Gasteiger partial charge in [-0.05, 0) is 68.0 Å². The van der Waals surface area contributed by atoms with E-state index >= 15 is 0 Å². The van der Waals surface area contributed by atoms with Gasteiger partial charge in [-0.15, -0.1) is 0 Å². The maximum atomic E-state index is 11.6. The number of hydrogen-bond acceptors (Lipinski definition) is 7. The largest absolute Gasteiger partial charge is 0.497 e. The van der Waals surface area contributed by atoms with E-state index in [1.165, 1.54) is 12.1 Å². The molecule has 40 heavy (non-hydrogen) atoms. The number of methoxy groups -OCH3 is 3. The highest BCUT2D eigenvalue weighted by molar-refractivity contribution is 7.80. The Morgan fingerprint density at radius 1 is 0.950 bits per heavy atom. The summed E-state index contributed by atoms with van der Waals surface area (Å²) in [5.41, 5.74) is 4.81. The number of benzene rings is 2. The molecule has 2 aromatic heterocycles. The standard InChI is InChI=1S/C29H29N5O5S/c1-17-14-21(18(2)32(17)23-15-19(34(35)36)9-11-25(23)38-4)28-27(22-8-6-7-13-30-22)31-29(40)33(28)24-16-20(37-3)10-12-26(24)39-5/h6-16,27-28H,1-5H3,(H,31,40)/t27-,28-/m1/s1. The molecule has 1 aliphatic rings. The van der Waals surface area contributed by atoms with E-state index < -0.39 is 4.92 Å². The SMILES string of the molecule is COc1ccc(OC)c(N2C(=S)N[C@H](c3ccccn3)[C@H]2c2cc(C)n(-c3cc([N+](=O)[O-])ccc3OC)c2C)c1. The minimum atomic E-state index is -0.411. The van der Waals surface area contributed by atoms with Crippen LogP contribution in [0.25, 0.3) is 5.69 Å². The van der Waals surface area contributed by atoms with Crippen molar-refractivity contribution >= 4 is 28.7 Å². The lowest BCUT2D eigenvalue weighted by Crippen LogP contribution is -2.30. The summed E-state index contributed by atoms with van der Waals surface area (Å²) >= 11 is 5.91. The van der Waals surface area contributed by atoms with Gasteiger partial charge in [0.25, 0.3) is 5.69 Å². The Morgan fingerprint density at radius 3 is 2.33 bits per heavy atom. The second kappa shape index (κ2) is 10.9. The van der Waals surface area contributed by atoms with E-state index in [1.54, 1.807) is 33.6 Å². The first kappa shape index (κ1) is 26.9. The maximum absolute atomic E-state index is 11.6. The lowest BCUT2D eigenvalue weighted by Gasteiger charge is -2.29. The first-order valence-corrected chi connectivity index (χ1v) is 12.9. The Hall–Kier alpha value is -4.64. The van der Waals surface area contributed by atoms with Crippen LogP contribution in [-0.4, -0.2) is 40.9 Å². The Morgan fingerprint density at radius 2 is 1.68 bits per heavy atom. The molecule has 11 heteroatoms. The van der Waals surface area contributed by atoms with Gasteiger partial charge in [0.05, 0.1) is 55.4 Å². The highest BCUT2D eigenvalue weighted by Gasteiger charge is 2.43. The van der Waals surface area contributed by atoms with Gasteiger partial charge in [-0.25, -0.2) is 0 Å². The van der Waals surface area contributed by atoms with Crippen LogP contribution in [-0.2, 0) is 0 Å². The average Bonchev–Trinajstić information content (AvgIpc) is 3.46. The molecule has 0 saturated carbocycles. The molecule has 0 aliphatic carbocycles. The van der Waals surface area contributed by atoms with Gasteiger partial charge in [0.2, 0.25) is 0 Å². The summed E-state index contributed by atoms with van der Waals surface area (Å²) < 4.78 is 18.8. The van der Waals surface area contributed by atoms with Gasteiger partial charge in [-0.2, -0.15) is 0 Å². The summed E-state index contributed by atoms with van der Waals surface area (Å²) in [5.74, 6) is 1.81. The van der Waals surface area contributed by atoms with E-state index in [-0.39, 0.29) is 17.8 Å². The maximum Gasteiger partial charge on any atom is 0.271 e. The van der Waals surface area contributed by atoms with Crippen molar-refractivity contribution < 1.29 is 19.1 Å². The average molecular weight is 560 g/mol. The smallest absolute Gasteiger partial charge is 0.271 e. The quantitative estimate of drug-likeness (QED) is 0.168. The zero-order chi connectivity index (χ0) is 28.6. The fraction of sp³-hybridized carbons (Fsp3) is 0.241. The van der Waals surface area contributed by atoms with Gasteiger partial charge in [0, 0.05) is 35.8 Å². The summed E-state index contributed by atoms with van der Waals surface area (Å²) in [6.07, 6.45) is 1.75. The van der Waals surface area contributed by atoms with Crippen LogP contribution in [0.5, 0.6) is 17.2 Å². The van der Waals surface area contributed by atoms with Crippen molar-refractivity contribution in [1.29, 1.82) is 0 Å². The van der Waals surface area contributed by atoms with E-state index in [1.807, 2.05) is 59.7 Å². The number of nitrogens with zero attached hydrogens (tertiary/aromatic N) is 4. The van der Waals surface area contributed by atoms with Crippen LogP contribution >= 0.6 is 12.2 Å². The number of non-ortho nitro benzene ring substituents is 1. The summed E-state index contributed by atoms with van der Waals surface area (Å²) in [7, 11) is 4.77. The highest BCUT2D eigenvalue weighted by Crippen LogP contribution is 2.47. The molecule has 0 unspecified atom stereocenters. The number of nitro benzene ring substituents is 1. The van der Waals surface area contributed by atoms with Crippen LogP contribution in [0, 0.1) is 24.0 Å². The number of pyridine rings is 1. The van der Waals surface area contributed by atoms with Crippen LogP contribution in [0.3, 0.4) is 0 Å². The number of nitrogens with one attached hydrogen (secondary N) is 1. The van der Waals surface area contributed by atoms with Gasteiger partial charge in [0.15, 0.2) is 5.11 Å². The molecule has 1 aliphatic heterocycles. The zero-order valence-electron chi connectivity index (χ0n) is 22.7. The molecule has 0 spiro atoms. The lowest BCUT2D eigenvalue weighted by molar-refractivity contribution is -0.384. The fourth-order valence-electron chi connectivity index (χ4n) is 5.34. The zero-order valence-corrected chi connectivity index (χ0v) is 23.6. The van der Waals surface area contributed by atoms with E-state index in [0.717, 1.165) is 28.3 Å². The Bertz CT molecular complexity index is 1590. The lowest BCUT2D eigenvalue weighted by atomic mass is 9.96. The first-order valence-electron chi connectivity index (χ1n) is 12.5. The summed E-state index contributed by atoms with van der Waals surface area (Å²) in [6.45, 7) is 3.94. The topological polar surface area (TPSA) is 104 Å². The van der Waals surface area contributed by atoms with Crippen molar-refractivity contribution in [2.24, 2.45) is 0 Å². The number of nitro groups is 1. The number of rotatable bonds is 8. The molecule has 2 atom stereocenters. The monoisotopic (exact) mass is 559 g/mol. The minimum absolute atomic E-state index is 0.0253. The predicted octanol–water partition coefficient (Wildman–Crippen LogP) is 5.60. The van der Waals surface area contributed by atoms with Crippen LogP contribution in [0.15, 0.2) is 66.9 Å². The molecule has 1 N–H and O–H groups in total. The van der Waals surface area contributed by atoms with Crippen molar-refractivity contribution in [2.45, 2.75) is 25.9 Å². The van der Waals surface area contributed by atoms with E-state index in [4.69, 9.17) is 26.4 Å². The summed E-state index contributed by atoms with van der Waals surface area (Å²) in [4.78, 5) is 17.9. The van der Waals surface area contributed by atoms with Crippen LogP contribution in [0.1, 0.15) is 34.7 Å². The normalized spacial score (nSPS) is 16.5. The third-order valence-electron chi connectivity index (χ3n) is 7.15. The summed E-state index contributed by atoms with van der Waals surface area (Å²) in [5, 5.41) is 15.6. The number of anilines is 1. The number of aromatic nitrogens is 2. The van der Waals surface area contributed by atoms with Gasteiger partial charge in [-0.3, -0.25) is 15.1 Å². The molecular weight excluding hydrogens is 530 g/mol. The van der Waals surface area contributed by atoms with Gasteiger partial charge < -0.3 is 29.0 Å². The van der Waals surface area contributed by atoms with E-state index in [0.29, 0.717) is 28.0 Å². The number of aryl methyl sites for hydroxylation is 1. The second-order valence-electron chi connectivity index (χ2n) is 9.31. The molecule has 10 nitrogen and oxygen atoms in total. The molecule has 2 aromatic carbocycles. The molecule has 5 rings (SSSR count). The van der Waals surface area contributed by atoms with Crippen molar-refractivity contribution in [2.75, 3.05) is 26.2 Å². The van der Waals surface area contributed by atoms with Crippen molar-refractivity contribution in [1.82, 2.24) is 14.9 Å². The van der Waals surface area contributed by atoms with Crippen LogP contribution < -0.4 is 24.4 Å². The number of hydrogen-bond donors (Lipinski definition) is 1. The van der Waals surface area contributed by atoms with Crippen molar-refractivity contribution in [3.05, 3.63) is 99.6 Å². The second-order valence-corrected chi connectivity index (χ2v) is 9.70. The Kier molecular flexibility index (Phi) is 7.31. The van der Waals surface area contributed by atoms with Gasteiger partial charge in [0.1, 0.15) is 17.2 Å². The molecule has 1 saturated heterocycles. The molecule has 0 bridgehead atoms. The predicted molar refractivity (Wildman–Crippen MR) is 156 cm³/mol. The van der Waals surface area contributed by atoms with Crippen molar-refractivity contribution in [3.63, 3.8) is 0 Å². The number of ether oxygens (including phenoxy) is 3. The third-order valence-corrected chi connectivity index (χ3v) is 7.46. The molecule has 4 aromatic rings. The first-order chi connectivity index (χ1) is 19.3. The van der Waals surface area contributed by atoms with Crippen LogP contribution in [0.4, 0.5) is 11.4 Å². The molecule has 0 radical (unpaired) electrons. The summed E-state index contributed by atoms with van der Waals surface area (Å²) in [6, 6.07) is 17.4. The van der Waals surface area contributed by atoms with Crippen LogP contribution in [0.2, 0.25) is 0 Å². The third kappa shape index (κ3) is 4.58. The molecule has 0 amide bonds. The van der Waals surface area contributed by atoms with Crippen molar-refractivity contribution in [3.8, 4) is 22.9 Å².